The first-order valence-corrected chi connectivity index (χ1v) is 4.93. The monoisotopic (exact) mass is 207 g/mol. The third-order valence-electron chi connectivity index (χ3n) is 2.41. The number of carbonyl (C=O) groups excluding carboxylic acids is 1. The number of amides is 1. The first-order chi connectivity index (χ1) is 7.27. The molecule has 0 aliphatic carbocycles. The Hall–Kier alpha value is -1.39. The lowest BCUT2D eigenvalue weighted by molar-refractivity contribution is -0.0704. The van der Waals surface area contributed by atoms with Crippen LogP contribution in [0.3, 0.4) is 0 Å². The third kappa shape index (κ3) is 2.34. The van der Waals surface area contributed by atoms with Crippen LogP contribution in [0.1, 0.15) is 16.8 Å². The van der Waals surface area contributed by atoms with Crippen molar-refractivity contribution >= 4 is 5.91 Å². The largest absolute Gasteiger partial charge is 0.366 e. The van der Waals surface area contributed by atoms with E-state index < -0.39 is 6.29 Å². The van der Waals surface area contributed by atoms with Crippen LogP contribution in [0.4, 0.5) is 0 Å². The lowest BCUT2D eigenvalue weighted by Crippen LogP contribution is -2.40. The van der Waals surface area contributed by atoms with Gasteiger partial charge in [0.15, 0.2) is 6.29 Å². The van der Waals surface area contributed by atoms with Gasteiger partial charge in [-0.15, -0.1) is 0 Å². The standard InChI is InChI=1S/C11H13NO3/c13-10(8-4-2-1-3-5-8)12-9-6-7-15-11(9)14/h1-5,9,11,14H,6-7H2,(H,12,13)/t9-,11?/m0/s1. The summed E-state index contributed by atoms with van der Waals surface area (Å²) in [6.07, 6.45) is -0.225. The summed E-state index contributed by atoms with van der Waals surface area (Å²) in [6.45, 7) is 0.487. The van der Waals surface area contributed by atoms with E-state index in [1.807, 2.05) is 6.07 Å². The zero-order valence-corrected chi connectivity index (χ0v) is 8.22. The molecule has 1 fully saturated rings. The number of hydrogen-bond donors (Lipinski definition) is 2. The van der Waals surface area contributed by atoms with Gasteiger partial charge in [-0.2, -0.15) is 0 Å². The summed E-state index contributed by atoms with van der Waals surface area (Å²) in [6, 6.07) is 8.63. The number of carbonyl (C=O) groups is 1. The van der Waals surface area contributed by atoms with Gasteiger partial charge in [-0.05, 0) is 18.6 Å². The average molecular weight is 207 g/mol. The minimum Gasteiger partial charge on any atom is -0.366 e. The first kappa shape index (κ1) is 10.1. The number of hydrogen-bond acceptors (Lipinski definition) is 3. The second-order valence-electron chi connectivity index (χ2n) is 3.50. The molecular weight excluding hydrogens is 194 g/mol. The Morgan fingerprint density at radius 2 is 2.13 bits per heavy atom. The molecule has 0 bridgehead atoms. The summed E-state index contributed by atoms with van der Waals surface area (Å²) in [5.74, 6) is -0.176. The second-order valence-corrected chi connectivity index (χ2v) is 3.50. The van der Waals surface area contributed by atoms with Gasteiger partial charge in [0.2, 0.25) is 0 Å². The molecule has 0 spiro atoms. The van der Waals surface area contributed by atoms with Crippen molar-refractivity contribution in [2.45, 2.75) is 18.8 Å². The normalized spacial score (nSPS) is 25.1. The fourth-order valence-corrected chi connectivity index (χ4v) is 1.56. The maximum Gasteiger partial charge on any atom is 0.251 e. The van der Waals surface area contributed by atoms with E-state index in [2.05, 4.69) is 5.32 Å². The predicted molar refractivity (Wildman–Crippen MR) is 54.3 cm³/mol. The zero-order chi connectivity index (χ0) is 10.7. The third-order valence-corrected chi connectivity index (χ3v) is 2.41. The summed E-state index contributed by atoms with van der Waals surface area (Å²) >= 11 is 0. The van der Waals surface area contributed by atoms with Crippen LogP contribution in [0, 0.1) is 0 Å². The number of aliphatic hydroxyl groups excluding tert-OH is 1. The van der Waals surface area contributed by atoms with E-state index in [1.165, 1.54) is 0 Å². The smallest absolute Gasteiger partial charge is 0.251 e. The van der Waals surface area contributed by atoms with Crippen LogP contribution < -0.4 is 5.32 Å². The molecule has 1 aliphatic heterocycles. The van der Waals surface area contributed by atoms with Crippen molar-refractivity contribution in [3.8, 4) is 0 Å². The van der Waals surface area contributed by atoms with Crippen LogP contribution in [-0.4, -0.2) is 30.0 Å². The number of benzene rings is 1. The summed E-state index contributed by atoms with van der Waals surface area (Å²) in [4.78, 5) is 11.7. The van der Waals surface area contributed by atoms with Crippen molar-refractivity contribution in [1.29, 1.82) is 0 Å². The number of ether oxygens (including phenoxy) is 1. The van der Waals surface area contributed by atoms with Crippen molar-refractivity contribution < 1.29 is 14.6 Å². The number of rotatable bonds is 2. The maximum absolute atomic E-state index is 11.7. The molecule has 2 rings (SSSR count). The lowest BCUT2D eigenvalue weighted by atomic mass is 10.2. The van der Waals surface area contributed by atoms with Gasteiger partial charge in [-0.3, -0.25) is 4.79 Å². The molecule has 1 saturated heterocycles. The highest BCUT2D eigenvalue weighted by atomic mass is 16.6. The van der Waals surface area contributed by atoms with Gasteiger partial charge < -0.3 is 15.2 Å². The van der Waals surface area contributed by atoms with Crippen molar-refractivity contribution in [2.75, 3.05) is 6.61 Å². The lowest BCUT2D eigenvalue weighted by Gasteiger charge is -2.14. The van der Waals surface area contributed by atoms with Crippen molar-refractivity contribution in [2.24, 2.45) is 0 Å². The molecule has 1 aromatic rings. The first-order valence-electron chi connectivity index (χ1n) is 4.93. The Morgan fingerprint density at radius 1 is 1.40 bits per heavy atom. The molecule has 1 amide bonds. The van der Waals surface area contributed by atoms with Gasteiger partial charge in [0.05, 0.1) is 12.6 Å². The molecule has 1 aromatic carbocycles. The van der Waals surface area contributed by atoms with Gasteiger partial charge in [0.1, 0.15) is 0 Å². The Balaban J connectivity index is 1.98. The highest BCUT2D eigenvalue weighted by molar-refractivity contribution is 5.94. The summed E-state index contributed by atoms with van der Waals surface area (Å²) in [5.41, 5.74) is 0.594. The van der Waals surface area contributed by atoms with E-state index >= 15 is 0 Å². The van der Waals surface area contributed by atoms with Gasteiger partial charge in [-0.1, -0.05) is 18.2 Å². The fraction of sp³-hybridized carbons (Fsp3) is 0.364. The van der Waals surface area contributed by atoms with Crippen LogP contribution in [0.25, 0.3) is 0 Å². The van der Waals surface area contributed by atoms with Gasteiger partial charge in [-0.25, -0.2) is 0 Å². The molecule has 15 heavy (non-hydrogen) atoms. The quantitative estimate of drug-likeness (QED) is 0.743. The molecule has 1 unspecified atom stereocenters. The van der Waals surface area contributed by atoms with Crippen LogP contribution in [0.5, 0.6) is 0 Å². The zero-order valence-electron chi connectivity index (χ0n) is 8.22. The molecule has 0 radical (unpaired) electrons. The average Bonchev–Trinajstić information content (AvgIpc) is 2.66. The van der Waals surface area contributed by atoms with Crippen molar-refractivity contribution in [1.82, 2.24) is 5.32 Å². The molecule has 80 valence electrons. The van der Waals surface area contributed by atoms with Crippen LogP contribution in [-0.2, 0) is 4.74 Å². The summed E-state index contributed by atoms with van der Waals surface area (Å²) in [7, 11) is 0. The molecule has 2 atom stereocenters. The molecule has 1 heterocycles. The molecule has 0 aromatic heterocycles. The Morgan fingerprint density at radius 3 is 2.73 bits per heavy atom. The molecular formula is C11H13NO3. The minimum absolute atomic E-state index is 0.176. The van der Waals surface area contributed by atoms with Crippen LogP contribution >= 0.6 is 0 Å². The van der Waals surface area contributed by atoms with E-state index in [0.717, 1.165) is 0 Å². The highest BCUT2D eigenvalue weighted by Gasteiger charge is 2.27. The Labute approximate surface area is 87.9 Å². The number of nitrogens with one attached hydrogen (secondary N) is 1. The Bertz CT molecular complexity index is 339. The Kier molecular flexibility index (Phi) is 2.99. The molecule has 4 heteroatoms. The van der Waals surface area contributed by atoms with E-state index in [-0.39, 0.29) is 11.9 Å². The predicted octanol–water partition coefficient (Wildman–Crippen LogP) is 0.524. The van der Waals surface area contributed by atoms with Gasteiger partial charge >= 0.3 is 0 Å². The summed E-state index contributed by atoms with van der Waals surface area (Å²) < 4.78 is 4.94. The van der Waals surface area contributed by atoms with Crippen LogP contribution in [0.15, 0.2) is 30.3 Å². The van der Waals surface area contributed by atoms with Gasteiger partial charge in [0.25, 0.3) is 5.91 Å². The van der Waals surface area contributed by atoms with E-state index in [1.54, 1.807) is 24.3 Å². The topological polar surface area (TPSA) is 58.6 Å². The number of aliphatic hydroxyl groups is 1. The van der Waals surface area contributed by atoms with E-state index in [0.29, 0.717) is 18.6 Å². The minimum atomic E-state index is -0.877. The molecule has 0 saturated carbocycles. The SMILES string of the molecule is O=C(N[C@H]1CCOC1O)c1ccccc1. The molecule has 1 aliphatic rings. The van der Waals surface area contributed by atoms with Gasteiger partial charge in [0, 0.05) is 5.56 Å². The molecule has 4 nitrogen and oxygen atoms in total. The van der Waals surface area contributed by atoms with Crippen molar-refractivity contribution in [3.05, 3.63) is 35.9 Å². The van der Waals surface area contributed by atoms with Crippen molar-refractivity contribution in [3.63, 3.8) is 0 Å². The summed E-state index contributed by atoms with van der Waals surface area (Å²) in [5, 5.41) is 12.1. The van der Waals surface area contributed by atoms with E-state index in [4.69, 9.17) is 4.74 Å². The fourth-order valence-electron chi connectivity index (χ4n) is 1.56. The molecule has 2 N–H and O–H groups in total. The van der Waals surface area contributed by atoms with Crippen LogP contribution in [0.2, 0.25) is 0 Å². The maximum atomic E-state index is 11.7. The second kappa shape index (κ2) is 4.42. The highest BCUT2D eigenvalue weighted by Crippen LogP contribution is 2.11. The van der Waals surface area contributed by atoms with E-state index in [9.17, 15) is 9.90 Å².